The van der Waals surface area contributed by atoms with Crippen molar-refractivity contribution in [2.24, 2.45) is 5.73 Å². The van der Waals surface area contributed by atoms with E-state index in [0.717, 1.165) is 5.56 Å². The Morgan fingerprint density at radius 2 is 2.21 bits per heavy atom. The van der Waals surface area contributed by atoms with Gasteiger partial charge in [0.2, 0.25) is 0 Å². The molecule has 1 rings (SSSR count). The van der Waals surface area contributed by atoms with Crippen molar-refractivity contribution >= 4 is 5.69 Å². The van der Waals surface area contributed by atoms with Crippen molar-refractivity contribution in [3.8, 4) is 6.07 Å². The second-order valence-corrected chi connectivity index (χ2v) is 3.08. The van der Waals surface area contributed by atoms with Crippen molar-refractivity contribution in [3.05, 3.63) is 29.3 Å². The molecule has 0 saturated heterocycles. The fourth-order valence-corrected chi connectivity index (χ4v) is 1.22. The smallest absolute Gasteiger partial charge is 0.101 e. The van der Waals surface area contributed by atoms with E-state index in [1.165, 1.54) is 0 Å². The maximum atomic E-state index is 8.70. The van der Waals surface area contributed by atoms with Crippen molar-refractivity contribution in [3.63, 3.8) is 0 Å². The monoisotopic (exact) mass is 191 g/mol. The van der Waals surface area contributed by atoms with Gasteiger partial charge in [0.1, 0.15) is 6.07 Å². The lowest BCUT2D eigenvalue weighted by molar-refractivity contribution is 0.276. The van der Waals surface area contributed by atoms with Crippen LogP contribution in [0.3, 0.4) is 0 Å². The molecule has 0 bridgehead atoms. The summed E-state index contributed by atoms with van der Waals surface area (Å²) in [5, 5.41) is 17.4. The number of anilines is 1. The number of aliphatic hydroxyl groups excluding tert-OH is 1. The molecule has 0 heterocycles. The number of nitrogens with zero attached hydrogens (tertiary/aromatic N) is 1. The summed E-state index contributed by atoms with van der Waals surface area (Å²) >= 11 is 0. The number of benzene rings is 1. The minimum absolute atomic E-state index is 0.0427. The number of aliphatic hydroxyl groups is 1. The zero-order valence-electron chi connectivity index (χ0n) is 7.77. The highest BCUT2D eigenvalue weighted by Gasteiger charge is 2.07. The molecule has 4 heteroatoms. The van der Waals surface area contributed by atoms with E-state index in [9.17, 15) is 0 Å². The van der Waals surface area contributed by atoms with E-state index in [1.807, 2.05) is 6.07 Å². The van der Waals surface area contributed by atoms with Gasteiger partial charge < -0.3 is 16.6 Å². The Morgan fingerprint density at radius 3 is 2.71 bits per heavy atom. The Hall–Kier alpha value is -1.57. The first-order chi connectivity index (χ1) is 6.69. The molecule has 5 N–H and O–H groups in total. The highest BCUT2D eigenvalue weighted by molar-refractivity contribution is 5.55. The van der Waals surface area contributed by atoms with Gasteiger partial charge in [-0.1, -0.05) is 6.07 Å². The molecule has 74 valence electrons. The normalized spacial score (nSPS) is 12.1. The predicted octanol–water partition coefficient (Wildman–Crippen LogP) is 0.523. The fourth-order valence-electron chi connectivity index (χ4n) is 1.22. The van der Waals surface area contributed by atoms with E-state index in [1.54, 1.807) is 18.2 Å². The molecule has 4 nitrogen and oxygen atoms in total. The first-order valence-electron chi connectivity index (χ1n) is 4.35. The molecule has 14 heavy (non-hydrogen) atoms. The van der Waals surface area contributed by atoms with Crippen molar-refractivity contribution in [2.45, 2.75) is 12.5 Å². The number of rotatable bonds is 3. The van der Waals surface area contributed by atoms with Gasteiger partial charge in [-0.05, 0) is 24.1 Å². The third-order valence-electron chi connectivity index (χ3n) is 2.06. The van der Waals surface area contributed by atoms with Crippen LogP contribution in [0.15, 0.2) is 18.2 Å². The third-order valence-corrected chi connectivity index (χ3v) is 2.06. The van der Waals surface area contributed by atoms with Gasteiger partial charge in [-0.25, -0.2) is 0 Å². The van der Waals surface area contributed by atoms with Gasteiger partial charge in [0.15, 0.2) is 0 Å². The number of nitrogen functional groups attached to an aromatic ring is 1. The number of hydrogen-bond donors (Lipinski definition) is 3. The molecule has 0 unspecified atom stereocenters. The molecule has 0 aromatic heterocycles. The number of hydrogen-bond acceptors (Lipinski definition) is 4. The van der Waals surface area contributed by atoms with Gasteiger partial charge in [-0.3, -0.25) is 0 Å². The molecule has 0 aliphatic carbocycles. The summed E-state index contributed by atoms with van der Waals surface area (Å²) in [6.07, 6.45) is 0.491. The van der Waals surface area contributed by atoms with Crippen LogP contribution in [0.2, 0.25) is 0 Å². The summed E-state index contributed by atoms with van der Waals surface area (Å²) in [5.74, 6) is 0. The van der Waals surface area contributed by atoms with Crippen molar-refractivity contribution in [1.82, 2.24) is 0 Å². The van der Waals surface area contributed by atoms with Gasteiger partial charge in [-0.2, -0.15) is 5.26 Å². The Balaban J connectivity index is 2.92. The molecule has 1 aromatic carbocycles. The molecule has 0 amide bonds. The molecule has 0 radical (unpaired) electrons. The molecule has 0 aliphatic heterocycles. The van der Waals surface area contributed by atoms with E-state index in [4.69, 9.17) is 21.8 Å². The maximum absolute atomic E-state index is 8.70. The molecule has 0 saturated carbocycles. The highest BCUT2D eigenvalue weighted by Crippen LogP contribution is 2.19. The van der Waals surface area contributed by atoms with Crippen molar-refractivity contribution in [1.29, 1.82) is 5.26 Å². The average molecular weight is 191 g/mol. The molecule has 0 fully saturated rings. The van der Waals surface area contributed by atoms with Crippen LogP contribution in [0.4, 0.5) is 5.69 Å². The number of nitriles is 1. The van der Waals surface area contributed by atoms with E-state index < -0.39 is 0 Å². The lowest BCUT2D eigenvalue weighted by Gasteiger charge is -2.11. The van der Waals surface area contributed by atoms with Crippen LogP contribution in [0.25, 0.3) is 0 Å². The average Bonchev–Trinajstić information content (AvgIpc) is 2.18. The summed E-state index contributed by atoms with van der Waals surface area (Å²) in [6.45, 7) is 0.0427. The predicted molar refractivity (Wildman–Crippen MR) is 54.2 cm³/mol. The Bertz CT molecular complexity index is 357. The summed E-state index contributed by atoms with van der Waals surface area (Å²) in [5.41, 5.74) is 13.1. The van der Waals surface area contributed by atoms with Crippen LogP contribution in [0, 0.1) is 11.3 Å². The minimum atomic E-state index is -0.227. The maximum Gasteiger partial charge on any atom is 0.101 e. The topological polar surface area (TPSA) is 96.1 Å². The van der Waals surface area contributed by atoms with Crippen LogP contribution in [-0.2, 0) is 0 Å². The van der Waals surface area contributed by atoms with Crippen molar-refractivity contribution < 1.29 is 5.11 Å². The zero-order valence-corrected chi connectivity index (χ0v) is 7.77. The van der Waals surface area contributed by atoms with Crippen LogP contribution in [0.1, 0.15) is 23.6 Å². The lowest BCUT2D eigenvalue weighted by atomic mass is 10.0. The second-order valence-electron chi connectivity index (χ2n) is 3.08. The van der Waals surface area contributed by atoms with Crippen LogP contribution in [-0.4, -0.2) is 11.7 Å². The lowest BCUT2D eigenvalue weighted by Crippen LogP contribution is -2.12. The Labute approximate surface area is 82.8 Å². The minimum Gasteiger partial charge on any atom is -0.398 e. The van der Waals surface area contributed by atoms with Gasteiger partial charge in [-0.15, -0.1) is 0 Å². The van der Waals surface area contributed by atoms with Crippen LogP contribution < -0.4 is 11.5 Å². The molecule has 1 aromatic rings. The Kier molecular flexibility index (Phi) is 3.46. The van der Waals surface area contributed by atoms with E-state index in [-0.39, 0.29) is 12.6 Å². The third kappa shape index (κ3) is 2.22. The largest absolute Gasteiger partial charge is 0.398 e. The standard InChI is InChI=1S/C10H13N3O/c11-6-8-2-1-7(5-10(8)13)9(12)3-4-14/h1-2,5,9,14H,3-4,12-13H2/t9-/m0/s1. The first-order valence-corrected chi connectivity index (χ1v) is 4.35. The molecular formula is C10H13N3O. The highest BCUT2D eigenvalue weighted by atomic mass is 16.3. The number of nitrogens with two attached hydrogens (primary N) is 2. The summed E-state index contributed by atoms with van der Waals surface area (Å²) in [6, 6.07) is 6.83. The summed E-state index contributed by atoms with van der Waals surface area (Å²) in [7, 11) is 0. The quantitative estimate of drug-likeness (QED) is 0.607. The van der Waals surface area contributed by atoms with E-state index in [2.05, 4.69) is 0 Å². The SMILES string of the molecule is N#Cc1ccc([C@@H](N)CCO)cc1N. The van der Waals surface area contributed by atoms with Gasteiger partial charge in [0, 0.05) is 18.3 Å². The molecule has 0 spiro atoms. The van der Waals surface area contributed by atoms with Gasteiger partial charge in [0.25, 0.3) is 0 Å². The van der Waals surface area contributed by atoms with Gasteiger partial charge in [0.05, 0.1) is 5.56 Å². The van der Waals surface area contributed by atoms with Crippen molar-refractivity contribution in [2.75, 3.05) is 12.3 Å². The van der Waals surface area contributed by atoms with Crippen LogP contribution >= 0.6 is 0 Å². The van der Waals surface area contributed by atoms with Gasteiger partial charge >= 0.3 is 0 Å². The molecular weight excluding hydrogens is 178 g/mol. The van der Waals surface area contributed by atoms with E-state index in [0.29, 0.717) is 17.7 Å². The first kappa shape index (κ1) is 10.5. The zero-order chi connectivity index (χ0) is 10.6. The van der Waals surface area contributed by atoms with E-state index >= 15 is 0 Å². The molecule has 0 aliphatic rings. The summed E-state index contributed by atoms with van der Waals surface area (Å²) in [4.78, 5) is 0. The second kappa shape index (κ2) is 4.61. The summed E-state index contributed by atoms with van der Waals surface area (Å²) < 4.78 is 0. The molecule has 1 atom stereocenters. The Morgan fingerprint density at radius 1 is 1.50 bits per heavy atom. The van der Waals surface area contributed by atoms with Crippen LogP contribution in [0.5, 0.6) is 0 Å². The fraction of sp³-hybridized carbons (Fsp3) is 0.300.